The van der Waals surface area contributed by atoms with Gasteiger partial charge in [-0.1, -0.05) is 23.7 Å². The lowest BCUT2D eigenvalue weighted by atomic mass is 10.0. The third-order valence-corrected chi connectivity index (χ3v) is 2.18. The van der Waals surface area contributed by atoms with Crippen molar-refractivity contribution in [3.05, 3.63) is 46.5 Å². The van der Waals surface area contributed by atoms with Crippen molar-refractivity contribution < 1.29 is 23.1 Å². The monoisotopic (exact) mass is 264 g/mol. The van der Waals surface area contributed by atoms with E-state index in [0.29, 0.717) is 10.6 Å². The maximum atomic E-state index is 12.5. The summed E-state index contributed by atoms with van der Waals surface area (Å²) in [4.78, 5) is 10.3. The van der Waals surface area contributed by atoms with Crippen LogP contribution in [-0.2, 0) is 11.2 Å². The van der Waals surface area contributed by atoms with Gasteiger partial charge in [0.05, 0.1) is 0 Å². The summed E-state index contributed by atoms with van der Waals surface area (Å²) in [6.45, 7) is 0. The van der Waals surface area contributed by atoms with Crippen molar-refractivity contribution in [3.8, 4) is 0 Å². The molecule has 0 aliphatic rings. The van der Waals surface area contributed by atoms with Gasteiger partial charge in [0.25, 0.3) is 0 Å². The van der Waals surface area contributed by atoms with E-state index in [-0.39, 0.29) is 6.08 Å². The number of allylic oxidation sites excluding steroid dienone is 1. The molecule has 0 spiro atoms. The van der Waals surface area contributed by atoms with Crippen LogP contribution in [0.3, 0.4) is 0 Å². The number of hydrogen-bond donors (Lipinski definition) is 1. The zero-order chi connectivity index (χ0) is 13.1. The minimum atomic E-state index is -4.67. The second-order valence-electron chi connectivity index (χ2n) is 3.31. The first-order valence-electron chi connectivity index (χ1n) is 4.54. The Kier molecular flexibility index (Phi) is 4.17. The van der Waals surface area contributed by atoms with E-state index in [1.165, 1.54) is 24.3 Å². The molecule has 1 N–H and O–H groups in total. The Morgan fingerprint density at radius 2 is 2.06 bits per heavy atom. The number of alkyl halides is 3. The molecule has 0 aliphatic carbocycles. The number of carbonyl (C=O) groups is 1. The summed E-state index contributed by atoms with van der Waals surface area (Å²) in [5, 5.41) is 8.68. The first kappa shape index (κ1) is 13.6. The quantitative estimate of drug-likeness (QED) is 0.849. The van der Waals surface area contributed by atoms with Crippen molar-refractivity contribution in [2.24, 2.45) is 0 Å². The molecule has 17 heavy (non-hydrogen) atoms. The number of halogens is 4. The predicted octanol–water partition coefficient (Wildman–Crippen LogP) is 3.46. The second-order valence-corrected chi connectivity index (χ2v) is 3.75. The second kappa shape index (κ2) is 5.23. The zero-order valence-electron chi connectivity index (χ0n) is 8.46. The lowest BCUT2D eigenvalue weighted by Gasteiger charge is -2.11. The van der Waals surface area contributed by atoms with Gasteiger partial charge < -0.3 is 5.11 Å². The summed E-state index contributed by atoms with van der Waals surface area (Å²) in [7, 11) is 0. The maximum absolute atomic E-state index is 12.5. The average molecular weight is 265 g/mol. The molecule has 1 aromatic rings. The normalized spacial score (nSPS) is 12.6. The third kappa shape index (κ3) is 4.48. The number of benzene rings is 1. The Hall–Kier alpha value is -1.49. The molecule has 6 heteroatoms. The average Bonchev–Trinajstić information content (AvgIpc) is 2.14. The molecule has 0 atom stereocenters. The summed E-state index contributed by atoms with van der Waals surface area (Å²) in [6.07, 6.45) is -5.02. The van der Waals surface area contributed by atoms with Crippen LogP contribution in [0.25, 0.3) is 0 Å². The number of carboxylic acid groups (broad SMARTS) is 1. The van der Waals surface area contributed by atoms with Crippen molar-refractivity contribution >= 4 is 17.6 Å². The molecule has 0 bridgehead atoms. The molecule has 92 valence electrons. The van der Waals surface area contributed by atoms with Crippen LogP contribution in [0.1, 0.15) is 5.56 Å². The molecule has 0 radical (unpaired) electrons. The highest BCUT2D eigenvalue weighted by Crippen LogP contribution is 2.29. The van der Waals surface area contributed by atoms with Crippen molar-refractivity contribution in [1.29, 1.82) is 0 Å². The first-order valence-corrected chi connectivity index (χ1v) is 4.92. The number of carboxylic acids is 1. The fraction of sp³-hybridized carbons (Fsp3) is 0.182. The SMILES string of the molecule is O=C(O)/C=C(\Cc1cccc(Cl)c1)C(F)(F)F. The molecule has 0 aliphatic heterocycles. The summed E-state index contributed by atoms with van der Waals surface area (Å²) in [6, 6.07) is 5.85. The van der Waals surface area contributed by atoms with Gasteiger partial charge in [-0.2, -0.15) is 13.2 Å². The Morgan fingerprint density at radius 3 is 2.53 bits per heavy atom. The Morgan fingerprint density at radius 1 is 1.41 bits per heavy atom. The molecular formula is C11H8ClF3O2. The maximum Gasteiger partial charge on any atom is 0.413 e. The van der Waals surface area contributed by atoms with Crippen molar-refractivity contribution in [3.63, 3.8) is 0 Å². The summed E-state index contributed by atoms with van der Waals surface area (Å²) < 4.78 is 37.5. The van der Waals surface area contributed by atoms with Gasteiger partial charge in [-0.3, -0.25) is 0 Å². The molecule has 0 amide bonds. The molecule has 1 aromatic carbocycles. The van der Waals surface area contributed by atoms with E-state index in [4.69, 9.17) is 16.7 Å². The van der Waals surface area contributed by atoms with Crippen molar-refractivity contribution in [1.82, 2.24) is 0 Å². The standard InChI is InChI=1S/C11H8ClF3O2/c12-9-3-1-2-7(5-9)4-8(6-10(16)17)11(13,14)15/h1-3,5-6H,4H2,(H,16,17)/b8-6+. The lowest BCUT2D eigenvalue weighted by molar-refractivity contribution is -0.132. The fourth-order valence-corrected chi connectivity index (χ4v) is 1.46. The molecule has 0 aromatic heterocycles. The third-order valence-electron chi connectivity index (χ3n) is 1.95. The van der Waals surface area contributed by atoms with Gasteiger partial charge >= 0.3 is 12.1 Å². The highest BCUT2D eigenvalue weighted by molar-refractivity contribution is 6.30. The fourth-order valence-electron chi connectivity index (χ4n) is 1.25. The van der Waals surface area contributed by atoms with Gasteiger partial charge in [-0.05, 0) is 17.7 Å². The molecule has 0 unspecified atom stereocenters. The van der Waals surface area contributed by atoms with E-state index in [1.807, 2.05) is 0 Å². The topological polar surface area (TPSA) is 37.3 Å². The van der Waals surface area contributed by atoms with Crippen LogP contribution in [0.5, 0.6) is 0 Å². The highest BCUT2D eigenvalue weighted by atomic mass is 35.5. The van der Waals surface area contributed by atoms with Gasteiger partial charge in [0, 0.05) is 23.1 Å². The number of hydrogen-bond acceptors (Lipinski definition) is 1. The van der Waals surface area contributed by atoms with Crippen LogP contribution < -0.4 is 0 Å². The molecule has 0 fully saturated rings. The smallest absolute Gasteiger partial charge is 0.413 e. The minimum Gasteiger partial charge on any atom is -0.478 e. The molecule has 0 saturated carbocycles. The van der Waals surface area contributed by atoms with E-state index in [2.05, 4.69) is 0 Å². The number of aliphatic carboxylic acids is 1. The van der Waals surface area contributed by atoms with E-state index < -0.39 is 24.1 Å². The van der Waals surface area contributed by atoms with Crippen LogP contribution in [0, 0.1) is 0 Å². The van der Waals surface area contributed by atoms with E-state index in [1.54, 1.807) is 0 Å². The molecule has 2 nitrogen and oxygen atoms in total. The first-order chi connectivity index (χ1) is 7.79. The van der Waals surface area contributed by atoms with Crippen molar-refractivity contribution in [2.75, 3.05) is 0 Å². The van der Waals surface area contributed by atoms with Gasteiger partial charge in [0.1, 0.15) is 0 Å². The largest absolute Gasteiger partial charge is 0.478 e. The number of rotatable bonds is 3. The van der Waals surface area contributed by atoms with Crippen LogP contribution in [0.4, 0.5) is 13.2 Å². The van der Waals surface area contributed by atoms with Crippen LogP contribution >= 0.6 is 11.6 Å². The van der Waals surface area contributed by atoms with Gasteiger partial charge in [-0.15, -0.1) is 0 Å². The van der Waals surface area contributed by atoms with Crippen molar-refractivity contribution in [2.45, 2.75) is 12.6 Å². The van der Waals surface area contributed by atoms with Gasteiger partial charge in [-0.25, -0.2) is 4.79 Å². The lowest BCUT2D eigenvalue weighted by Crippen LogP contribution is -2.15. The van der Waals surface area contributed by atoms with E-state index in [9.17, 15) is 18.0 Å². The van der Waals surface area contributed by atoms with Crippen LogP contribution in [0.15, 0.2) is 35.9 Å². The molecule has 1 rings (SSSR count). The Bertz CT molecular complexity index is 452. The zero-order valence-corrected chi connectivity index (χ0v) is 9.22. The molecular weight excluding hydrogens is 257 g/mol. The van der Waals surface area contributed by atoms with Gasteiger partial charge in [0.2, 0.25) is 0 Å². The van der Waals surface area contributed by atoms with E-state index in [0.717, 1.165) is 0 Å². The predicted molar refractivity (Wildman–Crippen MR) is 56.9 cm³/mol. The molecule has 0 saturated heterocycles. The van der Waals surface area contributed by atoms with Gasteiger partial charge in [0.15, 0.2) is 0 Å². The van der Waals surface area contributed by atoms with Crippen LogP contribution in [0.2, 0.25) is 5.02 Å². The van der Waals surface area contributed by atoms with Crippen LogP contribution in [-0.4, -0.2) is 17.3 Å². The molecule has 0 heterocycles. The summed E-state index contributed by atoms with van der Waals surface area (Å²) in [5.74, 6) is -1.63. The Labute approximate surface area is 100 Å². The van der Waals surface area contributed by atoms with E-state index >= 15 is 0 Å². The highest BCUT2D eigenvalue weighted by Gasteiger charge is 2.34. The summed E-state index contributed by atoms with van der Waals surface area (Å²) in [5.41, 5.74) is -0.811. The summed E-state index contributed by atoms with van der Waals surface area (Å²) >= 11 is 5.63. The minimum absolute atomic E-state index is 0.168. The Balaban J connectivity index is 2.99.